The standard InChI is InChI=1S/C23H23F3N4O3S/c1-13(27-11-17(31)19-9-10-20(34-19)18(32)12-29(3)4)21-14(2)28-30(22(21)33)16-7-5-15(6-8-16)23(24,25)26/h5-10,28H,11-12H2,1-4H3. The van der Waals surface area contributed by atoms with Crippen LogP contribution in [-0.2, 0) is 6.18 Å². The van der Waals surface area contributed by atoms with E-state index in [9.17, 15) is 27.6 Å². The number of halogens is 3. The Morgan fingerprint density at radius 3 is 2.21 bits per heavy atom. The third-order valence-electron chi connectivity index (χ3n) is 4.96. The van der Waals surface area contributed by atoms with Crippen LogP contribution in [0.2, 0.25) is 0 Å². The summed E-state index contributed by atoms with van der Waals surface area (Å²) in [7, 11) is 3.56. The van der Waals surface area contributed by atoms with Crippen LogP contribution in [0.4, 0.5) is 13.2 Å². The van der Waals surface area contributed by atoms with E-state index in [1.165, 1.54) is 12.1 Å². The van der Waals surface area contributed by atoms with E-state index < -0.39 is 17.3 Å². The molecule has 2 aromatic heterocycles. The minimum Gasteiger partial charge on any atom is -0.302 e. The van der Waals surface area contributed by atoms with Crippen LogP contribution in [0.3, 0.4) is 0 Å². The predicted molar refractivity (Wildman–Crippen MR) is 125 cm³/mol. The smallest absolute Gasteiger partial charge is 0.302 e. The third kappa shape index (κ3) is 5.60. The van der Waals surface area contributed by atoms with Gasteiger partial charge in [-0.05, 0) is 64.3 Å². The summed E-state index contributed by atoms with van der Waals surface area (Å²) in [6.45, 7) is 3.25. The largest absolute Gasteiger partial charge is 0.416 e. The predicted octanol–water partition coefficient (Wildman–Crippen LogP) is 3.99. The number of carbonyl (C=O) groups is 2. The van der Waals surface area contributed by atoms with Gasteiger partial charge in [-0.25, -0.2) is 4.68 Å². The fourth-order valence-corrected chi connectivity index (χ4v) is 4.17. The van der Waals surface area contributed by atoms with Crippen molar-refractivity contribution in [3.05, 3.63) is 73.3 Å². The monoisotopic (exact) mass is 492 g/mol. The molecule has 0 amide bonds. The molecule has 0 bridgehead atoms. The van der Waals surface area contributed by atoms with Gasteiger partial charge in [0.1, 0.15) is 6.54 Å². The lowest BCUT2D eigenvalue weighted by atomic mass is 10.1. The van der Waals surface area contributed by atoms with Crippen LogP contribution in [0.15, 0.2) is 46.2 Å². The summed E-state index contributed by atoms with van der Waals surface area (Å²) in [5.74, 6) is -0.370. The van der Waals surface area contributed by atoms with Gasteiger partial charge in [0.05, 0.1) is 33.1 Å². The van der Waals surface area contributed by atoms with Crippen LogP contribution in [0, 0.1) is 6.92 Å². The number of nitrogens with zero attached hydrogens (tertiary/aromatic N) is 3. The van der Waals surface area contributed by atoms with Crippen LogP contribution < -0.4 is 5.56 Å². The molecule has 0 spiro atoms. The Balaban J connectivity index is 1.78. The number of carbonyl (C=O) groups excluding carboxylic acids is 2. The van der Waals surface area contributed by atoms with Crippen LogP contribution in [0.1, 0.15) is 43.1 Å². The summed E-state index contributed by atoms with van der Waals surface area (Å²) in [5, 5.41) is 2.84. The number of ketones is 2. The summed E-state index contributed by atoms with van der Waals surface area (Å²) < 4.78 is 39.5. The minimum absolute atomic E-state index is 0.0829. The van der Waals surface area contributed by atoms with Gasteiger partial charge in [-0.15, -0.1) is 11.3 Å². The summed E-state index contributed by atoms with van der Waals surface area (Å²) in [4.78, 5) is 44.5. The summed E-state index contributed by atoms with van der Waals surface area (Å²) in [6, 6.07) is 7.39. The lowest BCUT2D eigenvalue weighted by Crippen LogP contribution is -2.20. The number of hydrogen-bond donors (Lipinski definition) is 1. The van der Waals surface area contributed by atoms with Gasteiger partial charge in [0.2, 0.25) is 0 Å². The summed E-state index contributed by atoms with van der Waals surface area (Å²) >= 11 is 1.10. The molecule has 0 fully saturated rings. The summed E-state index contributed by atoms with van der Waals surface area (Å²) in [6.07, 6.45) is -4.47. The number of benzene rings is 1. The molecule has 3 aromatic rings. The molecule has 7 nitrogen and oxygen atoms in total. The van der Waals surface area contributed by atoms with Crippen LogP contribution >= 0.6 is 11.3 Å². The average Bonchev–Trinajstić information content (AvgIpc) is 3.36. The molecule has 3 rings (SSSR count). The molecule has 180 valence electrons. The average molecular weight is 493 g/mol. The Kier molecular flexibility index (Phi) is 7.37. The van der Waals surface area contributed by atoms with E-state index in [4.69, 9.17) is 0 Å². The highest BCUT2D eigenvalue weighted by Crippen LogP contribution is 2.29. The highest BCUT2D eigenvalue weighted by atomic mass is 32.1. The number of likely N-dealkylation sites (N-methyl/N-ethyl adjacent to an activating group) is 1. The van der Waals surface area contributed by atoms with E-state index in [1.807, 2.05) is 0 Å². The number of alkyl halides is 3. The van der Waals surface area contributed by atoms with Gasteiger partial charge in [-0.1, -0.05) is 0 Å². The fraction of sp³-hybridized carbons (Fsp3) is 0.304. The first-order valence-corrected chi connectivity index (χ1v) is 11.0. The molecule has 34 heavy (non-hydrogen) atoms. The second-order valence-electron chi connectivity index (χ2n) is 7.95. The normalized spacial score (nSPS) is 12.4. The zero-order valence-corrected chi connectivity index (χ0v) is 19.8. The maximum absolute atomic E-state index is 12.9. The Morgan fingerprint density at radius 2 is 1.65 bits per heavy atom. The highest BCUT2D eigenvalue weighted by molar-refractivity contribution is 7.16. The minimum atomic E-state index is -4.47. The zero-order valence-electron chi connectivity index (χ0n) is 19.0. The number of rotatable bonds is 8. The van der Waals surface area contributed by atoms with Crippen LogP contribution in [0.25, 0.3) is 5.69 Å². The number of H-pyrrole nitrogens is 1. The Hall–Kier alpha value is -3.31. The van der Waals surface area contributed by atoms with Crippen molar-refractivity contribution in [3.63, 3.8) is 0 Å². The lowest BCUT2D eigenvalue weighted by molar-refractivity contribution is -0.137. The SMILES string of the molecule is CC(=NCC(=O)c1ccc(C(=O)CN(C)C)s1)c1c(C)[nH]n(-c2ccc(C(F)(F)F)cc2)c1=O. The van der Waals surface area contributed by atoms with Crippen molar-refractivity contribution in [1.82, 2.24) is 14.7 Å². The van der Waals surface area contributed by atoms with Crippen molar-refractivity contribution in [3.8, 4) is 5.69 Å². The summed E-state index contributed by atoms with van der Waals surface area (Å²) in [5.41, 5.74) is -0.0437. The Bertz CT molecular complexity index is 1300. The molecule has 11 heteroatoms. The number of thiophene rings is 1. The number of aromatic nitrogens is 2. The number of aromatic amines is 1. The molecule has 1 N–H and O–H groups in total. The van der Waals surface area contributed by atoms with Crippen molar-refractivity contribution in [2.45, 2.75) is 20.0 Å². The number of Topliss-reactive ketones (excluding diaryl/α,β-unsaturated/α-hetero) is 2. The Morgan fingerprint density at radius 1 is 1.06 bits per heavy atom. The number of aliphatic imine (C=N–C) groups is 1. The van der Waals surface area contributed by atoms with Gasteiger partial charge < -0.3 is 4.90 Å². The van der Waals surface area contributed by atoms with E-state index in [0.717, 1.165) is 28.2 Å². The molecule has 0 aliphatic heterocycles. The van der Waals surface area contributed by atoms with E-state index in [2.05, 4.69) is 10.1 Å². The first-order chi connectivity index (χ1) is 15.9. The molecule has 0 aliphatic carbocycles. The van der Waals surface area contributed by atoms with Crippen molar-refractivity contribution in [2.24, 2.45) is 4.99 Å². The maximum atomic E-state index is 12.9. The Labute approximate surface area is 197 Å². The van der Waals surface area contributed by atoms with E-state index >= 15 is 0 Å². The molecule has 2 heterocycles. The number of aryl methyl sites for hydroxylation is 1. The molecule has 1 aromatic carbocycles. The van der Waals surface area contributed by atoms with Crippen LogP contribution in [0.5, 0.6) is 0 Å². The van der Waals surface area contributed by atoms with E-state index in [0.29, 0.717) is 21.2 Å². The van der Waals surface area contributed by atoms with Gasteiger partial charge in [0.25, 0.3) is 5.56 Å². The quantitative estimate of drug-likeness (QED) is 0.381. The molecule has 0 saturated heterocycles. The molecule has 0 atom stereocenters. The van der Waals surface area contributed by atoms with Gasteiger partial charge in [-0.3, -0.25) is 24.5 Å². The number of hydrogen-bond acceptors (Lipinski definition) is 6. The van der Waals surface area contributed by atoms with Crippen molar-refractivity contribution in [1.29, 1.82) is 0 Å². The van der Waals surface area contributed by atoms with Crippen molar-refractivity contribution in [2.75, 3.05) is 27.2 Å². The topological polar surface area (TPSA) is 87.5 Å². The molecular weight excluding hydrogens is 469 g/mol. The molecule has 0 radical (unpaired) electrons. The van der Waals surface area contributed by atoms with Crippen LogP contribution in [-0.4, -0.2) is 59.1 Å². The molecule has 0 aliphatic rings. The highest BCUT2D eigenvalue weighted by Gasteiger charge is 2.30. The second kappa shape index (κ2) is 9.90. The van der Waals surface area contributed by atoms with E-state index in [-0.39, 0.29) is 35.9 Å². The molecule has 0 saturated carbocycles. The van der Waals surface area contributed by atoms with Gasteiger partial charge >= 0.3 is 6.18 Å². The first-order valence-electron chi connectivity index (χ1n) is 10.2. The van der Waals surface area contributed by atoms with Gasteiger partial charge in [0, 0.05) is 11.4 Å². The maximum Gasteiger partial charge on any atom is 0.416 e. The van der Waals surface area contributed by atoms with Crippen molar-refractivity contribution < 1.29 is 22.8 Å². The molecular formula is C23H23F3N4O3S. The second-order valence-corrected chi connectivity index (χ2v) is 9.03. The lowest BCUT2D eigenvalue weighted by Gasteiger charge is -2.07. The van der Waals surface area contributed by atoms with E-state index in [1.54, 1.807) is 45.0 Å². The number of nitrogens with one attached hydrogen (secondary N) is 1. The third-order valence-corrected chi connectivity index (χ3v) is 6.13. The fourth-order valence-electron chi connectivity index (χ4n) is 3.30. The van der Waals surface area contributed by atoms with Gasteiger partial charge in [0.15, 0.2) is 11.6 Å². The van der Waals surface area contributed by atoms with Crippen molar-refractivity contribution >= 4 is 28.6 Å². The molecule has 0 unspecified atom stereocenters. The zero-order chi connectivity index (χ0) is 25.2. The van der Waals surface area contributed by atoms with Gasteiger partial charge in [-0.2, -0.15) is 13.2 Å². The first kappa shape index (κ1) is 25.3.